The number of fused-ring (bicyclic) bond motifs is 1. The fraction of sp³-hybridized carbons (Fsp3) is 0.353. The molecule has 118 valence electrons. The van der Waals surface area contributed by atoms with Gasteiger partial charge in [0.25, 0.3) is 0 Å². The van der Waals surface area contributed by atoms with Gasteiger partial charge in [-0.05, 0) is 36.5 Å². The SMILES string of the molecule is N#Cc1c(NC(=O)CCc2cccnc2)sc2c1CCC(O)C2. The van der Waals surface area contributed by atoms with E-state index in [9.17, 15) is 15.2 Å². The number of anilines is 1. The second kappa shape index (κ2) is 6.90. The third-order valence-electron chi connectivity index (χ3n) is 3.97. The standard InChI is InChI=1S/C17H17N3O2S/c18-9-14-13-5-4-12(21)8-15(13)23-17(14)20-16(22)6-3-11-2-1-7-19-10-11/h1-2,7,10,12,21H,3-6,8H2,(H,20,22). The van der Waals surface area contributed by atoms with Crippen LogP contribution in [0.5, 0.6) is 0 Å². The third kappa shape index (κ3) is 3.58. The van der Waals surface area contributed by atoms with E-state index in [-0.39, 0.29) is 12.0 Å². The number of aryl methyl sites for hydroxylation is 1. The van der Waals surface area contributed by atoms with Gasteiger partial charge in [0.1, 0.15) is 11.1 Å². The molecule has 5 nitrogen and oxygen atoms in total. The fourth-order valence-corrected chi connectivity index (χ4v) is 4.05. The maximum Gasteiger partial charge on any atom is 0.225 e. The zero-order chi connectivity index (χ0) is 16.2. The van der Waals surface area contributed by atoms with Crippen molar-refractivity contribution in [3.63, 3.8) is 0 Å². The Hall–Kier alpha value is -2.23. The van der Waals surface area contributed by atoms with Crippen LogP contribution in [0.25, 0.3) is 0 Å². The van der Waals surface area contributed by atoms with Crippen LogP contribution in [0.4, 0.5) is 5.00 Å². The number of nitriles is 1. The number of aromatic nitrogens is 1. The van der Waals surface area contributed by atoms with E-state index >= 15 is 0 Å². The molecule has 1 unspecified atom stereocenters. The number of carbonyl (C=O) groups is 1. The van der Waals surface area contributed by atoms with Gasteiger partial charge in [-0.3, -0.25) is 9.78 Å². The molecule has 2 N–H and O–H groups in total. The van der Waals surface area contributed by atoms with E-state index < -0.39 is 0 Å². The van der Waals surface area contributed by atoms with E-state index in [0.717, 1.165) is 16.0 Å². The molecule has 0 spiro atoms. The lowest BCUT2D eigenvalue weighted by Crippen LogP contribution is -2.17. The normalized spacial score (nSPS) is 16.4. The number of amides is 1. The predicted molar refractivity (Wildman–Crippen MR) is 88.3 cm³/mol. The molecule has 2 aromatic rings. The first-order valence-corrected chi connectivity index (χ1v) is 8.40. The van der Waals surface area contributed by atoms with Crippen LogP contribution in [0.1, 0.15) is 34.4 Å². The molecule has 2 aromatic heterocycles. The first kappa shape index (κ1) is 15.7. The van der Waals surface area contributed by atoms with Gasteiger partial charge in [0.2, 0.25) is 5.91 Å². The van der Waals surface area contributed by atoms with Gasteiger partial charge in [-0.1, -0.05) is 6.07 Å². The van der Waals surface area contributed by atoms with Crippen molar-refractivity contribution in [1.82, 2.24) is 4.98 Å². The minimum absolute atomic E-state index is 0.107. The third-order valence-corrected chi connectivity index (χ3v) is 5.14. The topological polar surface area (TPSA) is 86.0 Å². The molecule has 1 aliphatic carbocycles. The minimum atomic E-state index is -0.346. The summed E-state index contributed by atoms with van der Waals surface area (Å²) in [5.74, 6) is -0.107. The summed E-state index contributed by atoms with van der Waals surface area (Å²) >= 11 is 1.41. The Balaban J connectivity index is 1.68. The Morgan fingerprint density at radius 3 is 3.17 bits per heavy atom. The highest BCUT2D eigenvalue weighted by atomic mass is 32.1. The van der Waals surface area contributed by atoms with Crippen LogP contribution in [0.2, 0.25) is 0 Å². The largest absolute Gasteiger partial charge is 0.393 e. The molecule has 2 heterocycles. The Bertz CT molecular complexity index is 749. The van der Waals surface area contributed by atoms with Gasteiger partial charge < -0.3 is 10.4 Å². The Morgan fingerprint density at radius 2 is 2.43 bits per heavy atom. The molecule has 3 rings (SSSR count). The molecule has 1 aliphatic rings. The molecule has 0 saturated carbocycles. The number of carbonyl (C=O) groups excluding carboxylic acids is 1. The zero-order valence-electron chi connectivity index (χ0n) is 12.6. The summed E-state index contributed by atoms with van der Waals surface area (Å²) in [6.07, 6.45) is 6.01. The summed E-state index contributed by atoms with van der Waals surface area (Å²) in [5, 5.41) is 22.6. The molecule has 0 aliphatic heterocycles. The highest BCUT2D eigenvalue weighted by Crippen LogP contribution is 2.37. The van der Waals surface area contributed by atoms with Gasteiger partial charge in [0.05, 0.1) is 11.7 Å². The van der Waals surface area contributed by atoms with E-state index in [4.69, 9.17) is 0 Å². The quantitative estimate of drug-likeness (QED) is 0.903. The van der Waals surface area contributed by atoms with Crippen molar-refractivity contribution in [2.24, 2.45) is 0 Å². The van der Waals surface area contributed by atoms with Crippen LogP contribution in [0.3, 0.4) is 0 Å². The van der Waals surface area contributed by atoms with Crippen molar-refractivity contribution < 1.29 is 9.90 Å². The lowest BCUT2D eigenvalue weighted by Gasteiger charge is -2.16. The van der Waals surface area contributed by atoms with Crippen LogP contribution >= 0.6 is 11.3 Å². The number of pyridine rings is 1. The van der Waals surface area contributed by atoms with Crippen molar-refractivity contribution in [3.05, 3.63) is 46.1 Å². The van der Waals surface area contributed by atoms with Gasteiger partial charge in [0, 0.05) is 30.1 Å². The van der Waals surface area contributed by atoms with E-state index in [2.05, 4.69) is 16.4 Å². The molecule has 0 saturated heterocycles. The molecule has 23 heavy (non-hydrogen) atoms. The second-order valence-electron chi connectivity index (χ2n) is 5.63. The van der Waals surface area contributed by atoms with Crippen LogP contribution in [-0.2, 0) is 24.1 Å². The van der Waals surface area contributed by atoms with Crippen LogP contribution in [0.15, 0.2) is 24.5 Å². The number of thiophene rings is 1. The van der Waals surface area contributed by atoms with Crippen molar-refractivity contribution in [1.29, 1.82) is 5.26 Å². The number of aliphatic hydroxyl groups excluding tert-OH is 1. The monoisotopic (exact) mass is 327 g/mol. The van der Waals surface area contributed by atoms with Gasteiger partial charge in [-0.15, -0.1) is 11.3 Å². The van der Waals surface area contributed by atoms with E-state index in [1.54, 1.807) is 12.4 Å². The van der Waals surface area contributed by atoms with Gasteiger partial charge in [0.15, 0.2) is 0 Å². The molecule has 6 heteroatoms. The summed E-state index contributed by atoms with van der Waals surface area (Å²) in [4.78, 5) is 17.2. The highest BCUT2D eigenvalue weighted by Gasteiger charge is 2.25. The van der Waals surface area contributed by atoms with Crippen molar-refractivity contribution in [2.45, 2.75) is 38.2 Å². The predicted octanol–water partition coefficient (Wildman–Crippen LogP) is 2.44. The molecule has 0 fully saturated rings. The number of nitrogens with one attached hydrogen (secondary N) is 1. The van der Waals surface area contributed by atoms with Crippen molar-refractivity contribution in [2.75, 3.05) is 5.32 Å². The van der Waals surface area contributed by atoms with E-state index in [1.807, 2.05) is 12.1 Å². The summed E-state index contributed by atoms with van der Waals surface area (Å²) in [6, 6.07) is 5.99. The minimum Gasteiger partial charge on any atom is -0.393 e. The molecule has 0 radical (unpaired) electrons. The lowest BCUT2D eigenvalue weighted by molar-refractivity contribution is -0.116. The average Bonchev–Trinajstić information content (AvgIpc) is 2.89. The van der Waals surface area contributed by atoms with Crippen LogP contribution < -0.4 is 5.32 Å². The number of hydrogen-bond acceptors (Lipinski definition) is 5. The smallest absolute Gasteiger partial charge is 0.225 e. The van der Waals surface area contributed by atoms with Gasteiger partial charge in [-0.25, -0.2) is 0 Å². The van der Waals surface area contributed by atoms with Crippen LogP contribution in [0, 0.1) is 11.3 Å². The first-order chi connectivity index (χ1) is 11.2. The fourth-order valence-electron chi connectivity index (χ4n) is 2.77. The molecule has 0 bridgehead atoms. The molecule has 1 amide bonds. The van der Waals surface area contributed by atoms with Gasteiger partial charge in [-0.2, -0.15) is 5.26 Å². The summed E-state index contributed by atoms with van der Waals surface area (Å²) in [7, 11) is 0. The molecular formula is C17H17N3O2S. The average molecular weight is 327 g/mol. The number of rotatable bonds is 4. The van der Waals surface area contributed by atoms with E-state index in [0.29, 0.717) is 42.7 Å². The number of nitrogens with zero attached hydrogens (tertiary/aromatic N) is 2. The van der Waals surface area contributed by atoms with Crippen molar-refractivity contribution >= 4 is 22.2 Å². The zero-order valence-corrected chi connectivity index (χ0v) is 13.4. The van der Waals surface area contributed by atoms with Gasteiger partial charge >= 0.3 is 0 Å². The first-order valence-electron chi connectivity index (χ1n) is 7.59. The molecule has 1 atom stereocenters. The Kier molecular flexibility index (Phi) is 4.70. The summed E-state index contributed by atoms with van der Waals surface area (Å²) < 4.78 is 0. The Morgan fingerprint density at radius 1 is 1.57 bits per heavy atom. The summed E-state index contributed by atoms with van der Waals surface area (Å²) in [6.45, 7) is 0. The summed E-state index contributed by atoms with van der Waals surface area (Å²) in [5.41, 5.74) is 2.56. The lowest BCUT2D eigenvalue weighted by atomic mass is 9.94. The van der Waals surface area contributed by atoms with E-state index in [1.165, 1.54) is 11.3 Å². The number of hydrogen-bond donors (Lipinski definition) is 2. The number of aliphatic hydroxyl groups is 1. The van der Waals surface area contributed by atoms with Crippen LogP contribution in [-0.4, -0.2) is 22.1 Å². The maximum absolute atomic E-state index is 12.1. The molecular weight excluding hydrogens is 310 g/mol. The maximum atomic E-state index is 12.1. The van der Waals surface area contributed by atoms with Crippen molar-refractivity contribution in [3.8, 4) is 6.07 Å². The second-order valence-corrected chi connectivity index (χ2v) is 6.73. The molecule has 0 aromatic carbocycles. The Labute approximate surface area is 138 Å². The highest BCUT2D eigenvalue weighted by molar-refractivity contribution is 7.16.